The largest absolute Gasteiger partial charge is 0.388 e. The Labute approximate surface area is 172 Å². The van der Waals surface area contributed by atoms with Crippen molar-refractivity contribution >= 4 is 18.6 Å². The first kappa shape index (κ1) is 23.1. The minimum Gasteiger partial charge on any atom is -0.388 e. The average Bonchev–Trinajstić information content (AvgIpc) is 3.05. The number of nitrogens with zero attached hydrogens (tertiary/aromatic N) is 2. The molecule has 168 valence electrons. The van der Waals surface area contributed by atoms with E-state index in [9.17, 15) is 29.6 Å². The highest BCUT2D eigenvalue weighted by atomic mass is 31.2. The Hall–Kier alpha value is -1.59. The SMILES string of the molecule is Cc1cc2cn(C3OC(CC(C)(C)OP(=O)(O)C(C)(C)O)[C@@H](O)[C@H]3O)c(=O)nc2[nH]1. The van der Waals surface area contributed by atoms with Gasteiger partial charge in [-0.3, -0.25) is 9.13 Å². The molecule has 0 aliphatic carbocycles. The minimum atomic E-state index is -4.41. The summed E-state index contributed by atoms with van der Waals surface area (Å²) in [7, 11) is -4.41. The third kappa shape index (κ3) is 4.38. The van der Waals surface area contributed by atoms with Crippen LogP contribution >= 0.6 is 7.60 Å². The maximum Gasteiger partial charge on any atom is 0.359 e. The first-order chi connectivity index (χ1) is 13.6. The van der Waals surface area contributed by atoms with Crippen LogP contribution in [0.3, 0.4) is 0 Å². The molecule has 3 unspecified atom stereocenters. The van der Waals surface area contributed by atoms with E-state index in [1.165, 1.54) is 20.0 Å². The van der Waals surface area contributed by atoms with E-state index in [2.05, 4.69) is 9.97 Å². The lowest BCUT2D eigenvalue weighted by molar-refractivity contribution is -0.0657. The quantitative estimate of drug-likeness (QED) is 0.403. The van der Waals surface area contributed by atoms with Crippen LogP contribution in [0.5, 0.6) is 0 Å². The van der Waals surface area contributed by atoms with Crippen molar-refractivity contribution in [1.29, 1.82) is 0 Å². The van der Waals surface area contributed by atoms with Gasteiger partial charge in [0, 0.05) is 23.7 Å². The predicted octanol–water partition coefficient (Wildman–Crippen LogP) is 0.751. The van der Waals surface area contributed by atoms with Crippen LogP contribution in [0.25, 0.3) is 11.0 Å². The van der Waals surface area contributed by atoms with E-state index in [-0.39, 0.29) is 6.42 Å². The fraction of sp³-hybridized carbons (Fsp3) is 0.667. The van der Waals surface area contributed by atoms with Crippen LogP contribution in [0.1, 0.15) is 46.0 Å². The number of hydrogen-bond donors (Lipinski definition) is 5. The third-order valence-electron chi connectivity index (χ3n) is 5.03. The Kier molecular flexibility index (Phi) is 5.79. The molecule has 1 saturated heterocycles. The van der Waals surface area contributed by atoms with Gasteiger partial charge in [-0.15, -0.1) is 0 Å². The number of ether oxygens (including phenoxy) is 1. The molecule has 1 aliphatic heterocycles. The second-order valence-corrected chi connectivity index (χ2v) is 11.1. The summed E-state index contributed by atoms with van der Waals surface area (Å²) in [5, 5.41) is 29.5. The highest BCUT2D eigenvalue weighted by Crippen LogP contribution is 2.57. The molecule has 2 aromatic heterocycles. The fourth-order valence-electron chi connectivity index (χ4n) is 3.42. The number of aliphatic hydroxyl groups is 3. The van der Waals surface area contributed by atoms with Crippen molar-refractivity contribution in [2.24, 2.45) is 0 Å². The number of aromatic nitrogens is 3. The van der Waals surface area contributed by atoms with Crippen LogP contribution < -0.4 is 5.69 Å². The predicted molar refractivity (Wildman–Crippen MR) is 107 cm³/mol. The Morgan fingerprint density at radius 2 is 1.93 bits per heavy atom. The first-order valence-electron chi connectivity index (χ1n) is 9.47. The van der Waals surface area contributed by atoms with Crippen LogP contribution in [-0.4, -0.2) is 64.0 Å². The van der Waals surface area contributed by atoms with Crippen LogP contribution in [0, 0.1) is 6.92 Å². The molecule has 0 spiro atoms. The van der Waals surface area contributed by atoms with Crippen LogP contribution in [-0.2, 0) is 13.8 Å². The zero-order valence-corrected chi connectivity index (χ0v) is 18.3. The Morgan fingerprint density at radius 3 is 2.53 bits per heavy atom. The van der Waals surface area contributed by atoms with Gasteiger partial charge >= 0.3 is 13.3 Å². The Bertz CT molecular complexity index is 1040. The Balaban J connectivity index is 1.82. The van der Waals surface area contributed by atoms with Gasteiger partial charge in [-0.05, 0) is 40.7 Å². The number of rotatable bonds is 6. The fourth-order valence-corrected chi connectivity index (χ4v) is 4.39. The molecule has 2 aromatic rings. The van der Waals surface area contributed by atoms with Crippen molar-refractivity contribution < 1.29 is 34.0 Å². The molecule has 0 radical (unpaired) electrons. The van der Waals surface area contributed by atoms with Gasteiger partial charge in [-0.25, -0.2) is 4.79 Å². The van der Waals surface area contributed by atoms with E-state index in [1.54, 1.807) is 6.07 Å². The Morgan fingerprint density at radius 1 is 1.30 bits per heavy atom. The van der Waals surface area contributed by atoms with E-state index < -0.39 is 48.8 Å². The summed E-state index contributed by atoms with van der Waals surface area (Å²) in [6, 6.07) is 1.78. The average molecular weight is 445 g/mol. The topological polar surface area (TPSA) is 167 Å². The number of hydrogen-bond acceptors (Lipinski definition) is 8. The van der Waals surface area contributed by atoms with Crippen LogP contribution in [0.4, 0.5) is 0 Å². The maximum absolute atomic E-state index is 12.4. The van der Waals surface area contributed by atoms with Gasteiger partial charge < -0.3 is 34.5 Å². The van der Waals surface area contributed by atoms with Gasteiger partial charge in [0.05, 0.1) is 11.7 Å². The van der Waals surface area contributed by atoms with Gasteiger partial charge in [0.15, 0.2) is 11.6 Å². The van der Waals surface area contributed by atoms with Crippen LogP contribution in [0.15, 0.2) is 17.1 Å². The molecule has 11 nitrogen and oxygen atoms in total. The molecule has 0 saturated carbocycles. The lowest BCUT2D eigenvalue weighted by Crippen LogP contribution is -2.38. The molecular formula is C18H28N3O8P. The van der Waals surface area contributed by atoms with E-state index in [4.69, 9.17) is 9.26 Å². The summed E-state index contributed by atoms with van der Waals surface area (Å²) >= 11 is 0. The summed E-state index contributed by atoms with van der Waals surface area (Å²) in [6.45, 7) is 7.12. The maximum atomic E-state index is 12.4. The molecule has 0 bridgehead atoms. The van der Waals surface area contributed by atoms with E-state index in [0.717, 1.165) is 24.1 Å². The smallest absolute Gasteiger partial charge is 0.359 e. The van der Waals surface area contributed by atoms with E-state index in [0.29, 0.717) is 11.0 Å². The normalized spacial score (nSPS) is 27.5. The number of aliphatic hydroxyl groups excluding tert-OH is 2. The van der Waals surface area contributed by atoms with Crippen molar-refractivity contribution in [1.82, 2.24) is 14.5 Å². The molecule has 0 amide bonds. The minimum absolute atomic E-state index is 0.0873. The van der Waals surface area contributed by atoms with Crippen molar-refractivity contribution in [3.05, 3.63) is 28.4 Å². The molecule has 5 atom stereocenters. The van der Waals surface area contributed by atoms with Crippen molar-refractivity contribution in [2.45, 2.75) is 76.5 Å². The molecule has 30 heavy (non-hydrogen) atoms. The third-order valence-corrected chi connectivity index (χ3v) is 7.16. The summed E-state index contributed by atoms with van der Waals surface area (Å²) in [5.41, 5.74) is -0.758. The molecular weight excluding hydrogens is 417 g/mol. The molecule has 0 aromatic carbocycles. The highest BCUT2D eigenvalue weighted by Gasteiger charge is 2.49. The second-order valence-electron chi connectivity index (χ2n) is 8.80. The monoisotopic (exact) mass is 445 g/mol. The number of aromatic amines is 1. The summed E-state index contributed by atoms with van der Waals surface area (Å²) < 4.78 is 24.4. The lowest BCUT2D eigenvalue weighted by atomic mass is 9.97. The zero-order valence-electron chi connectivity index (χ0n) is 17.4. The molecule has 1 fully saturated rings. The standard InChI is InChI=1S/C18H28N3O8P/c1-9-6-10-8-21(16(24)20-14(10)19-9)15-13(23)12(22)11(28-15)7-17(2,3)29-30(26,27)18(4,5)25/h6,8,11-13,15,22-23,25H,7H2,1-5H3,(H,26,27)(H,19,20,24)/t11?,12-,13-,15?/m1/s1. The van der Waals surface area contributed by atoms with Crippen molar-refractivity contribution in [3.8, 4) is 0 Å². The van der Waals surface area contributed by atoms with Crippen molar-refractivity contribution in [3.63, 3.8) is 0 Å². The van der Waals surface area contributed by atoms with Crippen molar-refractivity contribution in [2.75, 3.05) is 0 Å². The first-order valence-corrected chi connectivity index (χ1v) is 11.1. The molecule has 3 heterocycles. The lowest BCUT2D eigenvalue weighted by Gasteiger charge is -2.34. The van der Waals surface area contributed by atoms with E-state index >= 15 is 0 Å². The molecule has 1 aliphatic rings. The number of fused-ring (bicyclic) bond motifs is 1. The summed E-state index contributed by atoms with van der Waals surface area (Å²) in [5.74, 6) is 0. The van der Waals surface area contributed by atoms with Gasteiger partial charge in [-0.1, -0.05) is 0 Å². The van der Waals surface area contributed by atoms with Gasteiger partial charge in [-0.2, -0.15) is 4.98 Å². The summed E-state index contributed by atoms with van der Waals surface area (Å²) in [6.07, 6.45) is -3.62. The van der Waals surface area contributed by atoms with E-state index in [1.807, 2.05) is 6.92 Å². The van der Waals surface area contributed by atoms with Gasteiger partial charge in [0.1, 0.15) is 17.9 Å². The van der Waals surface area contributed by atoms with Crippen LogP contribution in [0.2, 0.25) is 0 Å². The number of nitrogens with one attached hydrogen (secondary N) is 1. The van der Waals surface area contributed by atoms with Gasteiger partial charge in [0.2, 0.25) is 0 Å². The molecule has 3 rings (SSSR count). The summed E-state index contributed by atoms with van der Waals surface area (Å²) in [4.78, 5) is 29.3. The molecule has 12 heteroatoms. The number of aryl methyl sites for hydroxylation is 1. The highest BCUT2D eigenvalue weighted by molar-refractivity contribution is 7.54. The zero-order chi connectivity index (χ0) is 22.6. The van der Waals surface area contributed by atoms with Gasteiger partial charge in [0.25, 0.3) is 0 Å². The molecule has 5 N–H and O–H groups in total. The number of H-pyrrole nitrogens is 1. The second kappa shape index (κ2) is 7.52.